The standard InChI is InChI=1S/C14H10F2N2OS/c15-12-3-1-9(7-17)5-10(12)8-20(19)14-4-2-11(18)6-13(14)16/h1-6H,8,18H2. The largest absolute Gasteiger partial charge is 0.399 e. The highest BCUT2D eigenvalue weighted by atomic mass is 32.2. The van der Waals surface area contributed by atoms with Gasteiger partial charge in [-0.2, -0.15) is 5.26 Å². The predicted molar refractivity (Wildman–Crippen MR) is 72.0 cm³/mol. The van der Waals surface area contributed by atoms with Gasteiger partial charge in [0.1, 0.15) is 11.6 Å². The highest BCUT2D eigenvalue weighted by Crippen LogP contribution is 2.20. The number of hydrogen-bond donors (Lipinski definition) is 1. The van der Waals surface area contributed by atoms with E-state index < -0.39 is 22.4 Å². The predicted octanol–water partition coefficient (Wildman–Crippen LogP) is 2.73. The second-order valence-electron chi connectivity index (χ2n) is 4.10. The Labute approximate surface area is 117 Å². The number of nitrogens with zero attached hydrogens (tertiary/aromatic N) is 1. The van der Waals surface area contributed by atoms with Crippen molar-refractivity contribution in [1.82, 2.24) is 0 Å². The summed E-state index contributed by atoms with van der Waals surface area (Å²) >= 11 is 0. The van der Waals surface area contributed by atoms with Crippen molar-refractivity contribution in [2.75, 3.05) is 5.73 Å². The van der Waals surface area contributed by atoms with Crippen molar-refractivity contribution in [3.05, 3.63) is 59.2 Å². The average molecular weight is 292 g/mol. The van der Waals surface area contributed by atoms with Gasteiger partial charge in [-0.25, -0.2) is 8.78 Å². The molecule has 2 aromatic rings. The van der Waals surface area contributed by atoms with Crippen LogP contribution in [0.2, 0.25) is 0 Å². The molecule has 2 rings (SSSR count). The van der Waals surface area contributed by atoms with Crippen LogP contribution < -0.4 is 5.73 Å². The number of rotatable bonds is 3. The molecule has 0 aliphatic carbocycles. The third kappa shape index (κ3) is 3.00. The van der Waals surface area contributed by atoms with E-state index in [1.165, 1.54) is 24.3 Å². The number of halogens is 2. The van der Waals surface area contributed by atoms with Gasteiger partial charge in [-0.15, -0.1) is 0 Å². The van der Waals surface area contributed by atoms with E-state index in [0.29, 0.717) is 0 Å². The Hall–Kier alpha value is -2.26. The van der Waals surface area contributed by atoms with E-state index in [9.17, 15) is 13.0 Å². The quantitative estimate of drug-likeness (QED) is 0.884. The minimum atomic E-state index is -1.75. The summed E-state index contributed by atoms with van der Waals surface area (Å²) in [5.41, 5.74) is 6.00. The van der Waals surface area contributed by atoms with E-state index in [1.807, 2.05) is 6.07 Å². The lowest BCUT2D eigenvalue weighted by Gasteiger charge is -2.06. The summed E-state index contributed by atoms with van der Waals surface area (Å²) < 4.78 is 39.3. The summed E-state index contributed by atoms with van der Waals surface area (Å²) in [5.74, 6) is -1.48. The molecule has 0 aliphatic heterocycles. The van der Waals surface area contributed by atoms with Crippen molar-refractivity contribution in [3.8, 4) is 6.07 Å². The second-order valence-corrected chi connectivity index (χ2v) is 5.52. The molecule has 1 unspecified atom stereocenters. The lowest BCUT2D eigenvalue weighted by molar-refractivity contribution is 0.594. The smallest absolute Gasteiger partial charge is 0.141 e. The normalized spacial score (nSPS) is 11.8. The van der Waals surface area contributed by atoms with Gasteiger partial charge in [0.05, 0.1) is 33.1 Å². The van der Waals surface area contributed by atoms with Crippen molar-refractivity contribution < 1.29 is 13.0 Å². The van der Waals surface area contributed by atoms with Crippen LogP contribution in [0.5, 0.6) is 0 Å². The van der Waals surface area contributed by atoms with Crippen LogP contribution in [0, 0.1) is 23.0 Å². The number of hydrogen-bond acceptors (Lipinski definition) is 3. The molecule has 0 fully saturated rings. The van der Waals surface area contributed by atoms with Gasteiger partial charge >= 0.3 is 0 Å². The zero-order valence-electron chi connectivity index (χ0n) is 10.3. The summed E-state index contributed by atoms with van der Waals surface area (Å²) in [5, 5.41) is 8.76. The van der Waals surface area contributed by atoms with Crippen LogP contribution in [0.1, 0.15) is 11.1 Å². The van der Waals surface area contributed by atoms with E-state index in [0.717, 1.165) is 12.1 Å². The summed E-state index contributed by atoms with van der Waals surface area (Å²) in [6.45, 7) is 0. The van der Waals surface area contributed by atoms with Crippen molar-refractivity contribution in [3.63, 3.8) is 0 Å². The van der Waals surface area contributed by atoms with E-state index in [-0.39, 0.29) is 27.5 Å². The van der Waals surface area contributed by atoms with Gasteiger partial charge in [0.2, 0.25) is 0 Å². The zero-order chi connectivity index (χ0) is 14.7. The molecule has 0 saturated carbocycles. The molecule has 3 nitrogen and oxygen atoms in total. The van der Waals surface area contributed by atoms with Gasteiger partial charge < -0.3 is 5.73 Å². The van der Waals surface area contributed by atoms with E-state index >= 15 is 0 Å². The molecule has 1 atom stereocenters. The summed E-state index contributed by atoms with van der Waals surface area (Å²) in [6, 6.07) is 9.44. The highest BCUT2D eigenvalue weighted by molar-refractivity contribution is 7.84. The number of nitriles is 1. The maximum Gasteiger partial charge on any atom is 0.141 e. The minimum absolute atomic E-state index is 0.0408. The Morgan fingerprint density at radius 2 is 1.90 bits per heavy atom. The molecular weight excluding hydrogens is 282 g/mol. The van der Waals surface area contributed by atoms with Crippen LogP contribution >= 0.6 is 0 Å². The van der Waals surface area contributed by atoms with Gasteiger partial charge in [-0.1, -0.05) is 0 Å². The van der Waals surface area contributed by atoms with Crippen LogP contribution in [-0.2, 0) is 16.6 Å². The number of anilines is 1. The van der Waals surface area contributed by atoms with E-state index in [2.05, 4.69) is 0 Å². The Bertz CT molecular complexity index is 726. The summed E-state index contributed by atoms with van der Waals surface area (Å²) in [7, 11) is -1.75. The Balaban J connectivity index is 2.30. The molecular formula is C14H10F2N2OS. The first-order chi connectivity index (χ1) is 9.51. The van der Waals surface area contributed by atoms with Crippen LogP contribution in [0.4, 0.5) is 14.5 Å². The fourth-order valence-electron chi connectivity index (χ4n) is 1.68. The molecule has 0 amide bonds. The molecule has 2 aromatic carbocycles. The molecule has 20 heavy (non-hydrogen) atoms. The zero-order valence-corrected chi connectivity index (χ0v) is 11.1. The topological polar surface area (TPSA) is 66.9 Å². The van der Waals surface area contributed by atoms with Crippen molar-refractivity contribution in [2.24, 2.45) is 0 Å². The van der Waals surface area contributed by atoms with Gasteiger partial charge in [-0.05, 0) is 36.4 Å². The molecule has 0 saturated heterocycles. The average Bonchev–Trinajstić information content (AvgIpc) is 2.41. The molecule has 102 valence electrons. The van der Waals surface area contributed by atoms with Gasteiger partial charge in [0.15, 0.2) is 0 Å². The first-order valence-corrected chi connectivity index (χ1v) is 6.95. The molecule has 0 spiro atoms. The first kappa shape index (κ1) is 14.2. The molecule has 0 aromatic heterocycles. The first-order valence-electron chi connectivity index (χ1n) is 5.63. The van der Waals surface area contributed by atoms with Gasteiger partial charge in [-0.3, -0.25) is 4.21 Å². The fraction of sp³-hybridized carbons (Fsp3) is 0.0714. The van der Waals surface area contributed by atoms with Gasteiger partial charge in [0.25, 0.3) is 0 Å². The van der Waals surface area contributed by atoms with Crippen molar-refractivity contribution in [2.45, 2.75) is 10.6 Å². The highest BCUT2D eigenvalue weighted by Gasteiger charge is 2.14. The van der Waals surface area contributed by atoms with Crippen LogP contribution in [-0.4, -0.2) is 4.21 Å². The fourth-order valence-corrected chi connectivity index (χ4v) is 2.83. The molecule has 2 N–H and O–H groups in total. The second kappa shape index (κ2) is 5.80. The monoisotopic (exact) mass is 292 g/mol. The summed E-state index contributed by atoms with van der Waals surface area (Å²) in [6.07, 6.45) is 0. The molecule has 0 aliphatic rings. The van der Waals surface area contributed by atoms with Crippen molar-refractivity contribution in [1.29, 1.82) is 5.26 Å². The molecule has 6 heteroatoms. The number of benzene rings is 2. The van der Waals surface area contributed by atoms with Gasteiger partial charge in [0, 0.05) is 11.3 Å². The molecule has 0 heterocycles. The Morgan fingerprint density at radius 3 is 2.55 bits per heavy atom. The third-order valence-corrected chi connectivity index (χ3v) is 4.06. The maximum absolute atomic E-state index is 13.6. The SMILES string of the molecule is N#Cc1ccc(F)c(CS(=O)c2ccc(N)cc2F)c1. The Morgan fingerprint density at radius 1 is 1.15 bits per heavy atom. The lowest BCUT2D eigenvalue weighted by atomic mass is 10.1. The van der Waals surface area contributed by atoms with E-state index in [1.54, 1.807) is 0 Å². The number of nitrogen functional groups attached to an aromatic ring is 1. The van der Waals surface area contributed by atoms with Crippen LogP contribution in [0.3, 0.4) is 0 Å². The number of nitrogens with two attached hydrogens (primary N) is 1. The van der Waals surface area contributed by atoms with Crippen LogP contribution in [0.25, 0.3) is 0 Å². The van der Waals surface area contributed by atoms with Crippen LogP contribution in [0.15, 0.2) is 41.3 Å². The molecule has 0 radical (unpaired) electrons. The summed E-state index contributed by atoms with van der Waals surface area (Å²) in [4.78, 5) is -0.0408. The Kier molecular flexibility index (Phi) is 4.11. The minimum Gasteiger partial charge on any atom is -0.399 e. The molecule has 0 bridgehead atoms. The lowest BCUT2D eigenvalue weighted by Crippen LogP contribution is -2.02. The van der Waals surface area contributed by atoms with Crippen molar-refractivity contribution >= 4 is 16.5 Å². The third-order valence-electron chi connectivity index (χ3n) is 2.66. The van der Waals surface area contributed by atoms with E-state index in [4.69, 9.17) is 11.0 Å². The maximum atomic E-state index is 13.6.